The van der Waals surface area contributed by atoms with Crippen LogP contribution >= 0.6 is 0 Å². The summed E-state index contributed by atoms with van der Waals surface area (Å²) in [5.74, 6) is -0.0261. The number of rotatable bonds is 2. The Labute approximate surface area is 102 Å². The lowest BCUT2D eigenvalue weighted by atomic mass is 9.84. The molecule has 2 fully saturated rings. The average molecular weight is 261 g/mol. The van der Waals surface area contributed by atoms with E-state index in [1.807, 2.05) is 0 Å². The molecule has 2 saturated heterocycles. The van der Waals surface area contributed by atoms with Crippen molar-refractivity contribution < 1.29 is 18.3 Å². The molecule has 2 aliphatic heterocycles. The number of nitrogens with one attached hydrogen (secondary N) is 1. The van der Waals surface area contributed by atoms with Gasteiger partial charge < -0.3 is 10.4 Å². The Bertz CT molecular complexity index is 419. The highest BCUT2D eigenvalue weighted by molar-refractivity contribution is 7.91. The summed E-state index contributed by atoms with van der Waals surface area (Å²) in [5, 5.41) is 12.1. The van der Waals surface area contributed by atoms with Crippen LogP contribution in [0, 0.1) is 11.8 Å². The summed E-state index contributed by atoms with van der Waals surface area (Å²) < 4.78 is 23.2. The molecule has 2 heterocycles. The van der Waals surface area contributed by atoms with Crippen LogP contribution in [0.15, 0.2) is 0 Å². The summed E-state index contributed by atoms with van der Waals surface area (Å²) in [6.45, 7) is 2.29. The molecule has 2 rings (SSSR count). The molecule has 0 bridgehead atoms. The van der Waals surface area contributed by atoms with E-state index in [4.69, 9.17) is 5.11 Å². The smallest absolute Gasteiger partial charge is 0.323 e. The van der Waals surface area contributed by atoms with Crippen molar-refractivity contribution >= 4 is 15.8 Å². The Morgan fingerprint density at radius 1 is 1.41 bits per heavy atom. The second-order valence-corrected chi connectivity index (χ2v) is 7.73. The summed E-state index contributed by atoms with van der Waals surface area (Å²) >= 11 is 0. The van der Waals surface area contributed by atoms with Gasteiger partial charge in [0.1, 0.15) is 5.54 Å². The lowest BCUT2D eigenvalue weighted by Crippen LogP contribution is -2.44. The van der Waals surface area contributed by atoms with E-state index >= 15 is 0 Å². The molecule has 0 aromatic carbocycles. The zero-order chi connectivity index (χ0) is 12.7. The van der Waals surface area contributed by atoms with Gasteiger partial charge in [0.05, 0.1) is 11.5 Å². The summed E-state index contributed by atoms with van der Waals surface area (Å²) in [4.78, 5) is 11.1. The van der Waals surface area contributed by atoms with E-state index in [0.717, 1.165) is 6.42 Å². The Kier molecular flexibility index (Phi) is 3.20. The Morgan fingerprint density at radius 3 is 2.65 bits per heavy atom. The van der Waals surface area contributed by atoms with E-state index in [2.05, 4.69) is 5.32 Å². The van der Waals surface area contributed by atoms with Gasteiger partial charge in [-0.05, 0) is 44.6 Å². The van der Waals surface area contributed by atoms with E-state index in [-0.39, 0.29) is 17.6 Å². The van der Waals surface area contributed by atoms with Crippen molar-refractivity contribution in [2.75, 3.05) is 18.1 Å². The van der Waals surface area contributed by atoms with Gasteiger partial charge >= 0.3 is 5.97 Å². The molecule has 0 saturated carbocycles. The van der Waals surface area contributed by atoms with Crippen molar-refractivity contribution in [2.45, 2.75) is 31.7 Å². The monoisotopic (exact) mass is 261 g/mol. The molecule has 6 heteroatoms. The Morgan fingerprint density at radius 2 is 2.12 bits per heavy atom. The van der Waals surface area contributed by atoms with Crippen LogP contribution in [0.2, 0.25) is 0 Å². The maximum absolute atomic E-state index is 11.6. The third kappa shape index (κ3) is 2.63. The summed E-state index contributed by atoms with van der Waals surface area (Å²) in [7, 11) is -2.90. The summed E-state index contributed by atoms with van der Waals surface area (Å²) in [5.41, 5.74) is -0.883. The third-order valence-corrected chi connectivity index (χ3v) is 5.91. The predicted octanol–water partition coefficient (Wildman–Crippen LogP) is 0.264. The molecule has 3 atom stereocenters. The fourth-order valence-corrected chi connectivity index (χ4v) is 4.82. The van der Waals surface area contributed by atoms with Crippen LogP contribution in [0.4, 0.5) is 0 Å². The molecule has 17 heavy (non-hydrogen) atoms. The van der Waals surface area contributed by atoms with Crippen LogP contribution in [0.3, 0.4) is 0 Å². The van der Waals surface area contributed by atoms with Gasteiger partial charge in [-0.15, -0.1) is 0 Å². The highest BCUT2D eigenvalue weighted by Gasteiger charge is 2.44. The van der Waals surface area contributed by atoms with Crippen molar-refractivity contribution in [1.82, 2.24) is 5.32 Å². The van der Waals surface area contributed by atoms with Gasteiger partial charge in [0, 0.05) is 0 Å². The van der Waals surface area contributed by atoms with Crippen LogP contribution in [-0.2, 0) is 14.6 Å². The average Bonchev–Trinajstić information content (AvgIpc) is 2.61. The van der Waals surface area contributed by atoms with Gasteiger partial charge in [-0.1, -0.05) is 0 Å². The molecular formula is C11H19NO4S. The number of hydrogen-bond acceptors (Lipinski definition) is 4. The highest BCUT2D eigenvalue weighted by Crippen LogP contribution is 2.34. The van der Waals surface area contributed by atoms with Gasteiger partial charge in [-0.3, -0.25) is 4.79 Å². The predicted molar refractivity (Wildman–Crippen MR) is 63.5 cm³/mol. The Balaban J connectivity index is 2.04. The zero-order valence-electron chi connectivity index (χ0n) is 9.98. The van der Waals surface area contributed by atoms with E-state index in [0.29, 0.717) is 25.1 Å². The maximum atomic E-state index is 11.6. The minimum atomic E-state index is -2.90. The van der Waals surface area contributed by atoms with Gasteiger partial charge in [-0.25, -0.2) is 8.42 Å². The molecule has 0 aromatic rings. The minimum Gasteiger partial charge on any atom is -0.480 e. The molecule has 5 nitrogen and oxygen atoms in total. The maximum Gasteiger partial charge on any atom is 0.323 e. The van der Waals surface area contributed by atoms with Crippen LogP contribution < -0.4 is 5.32 Å². The molecule has 2 N–H and O–H groups in total. The number of carbonyl (C=O) groups is 1. The van der Waals surface area contributed by atoms with E-state index < -0.39 is 21.3 Å². The lowest BCUT2D eigenvalue weighted by molar-refractivity contribution is -0.143. The number of carboxylic acid groups (broad SMARTS) is 1. The molecule has 0 aromatic heterocycles. The first-order valence-electron chi connectivity index (χ1n) is 6.01. The fourth-order valence-electron chi connectivity index (χ4n) is 2.95. The number of aliphatic carboxylic acids is 1. The minimum absolute atomic E-state index is 0.127. The standard InChI is InChI=1S/C11H19NO4S/c1-11(10(13)14)5-9(6-12-11)8-3-2-4-17(15,16)7-8/h8-9,12H,2-7H2,1H3,(H,13,14). The first kappa shape index (κ1) is 12.8. The van der Waals surface area contributed by atoms with Crippen molar-refractivity contribution in [2.24, 2.45) is 11.8 Å². The number of sulfone groups is 1. The van der Waals surface area contributed by atoms with Gasteiger partial charge in [0.25, 0.3) is 0 Å². The third-order valence-electron chi connectivity index (χ3n) is 4.06. The van der Waals surface area contributed by atoms with Crippen molar-refractivity contribution in [3.05, 3.63) is 0 Å². The molecular weight excluding hydrogens is 242 g/mol. The van der Waals surface area contributed by atoms with Gasteiger partial charge in [-0.2, -0.15) is 0 Å². The van der Waals surface area contributed by atoms with Crippen LogP contribution in [0.1, 0.15) is 26.2 Å². The molecule has 3 unspecified atom stereocenters. The summed E-state index contributed by atoms with van der Waals surface area (Å²) in [6, 6.07) is 0. The summed E-state index contributed by atoms with van der Waals surface area (Å²) in [6.07, 6.45) is 2.15. The number of carboxylic acids is 1. The van der Waals surface area contributed by atoms with Crippen LogP contribution in [-0.4, -0.2) is 43.1 Å². The largest absolute Gasteiger partial charge is 0.480 e. The lowest BCUT2D eigenvalue weighted by Gasteiger charge is -2.27. The van der Waals surface area contributed by atoms with Crippen molar-refractivity contribution in [1.29, 1.82) is 0 Å². The molecule has 0 aliphatic carbocycles. The number of hydrogen-bond donors (Lipinski definition) is 2. The second kappa shape index (κ2) is 4.24. The quantitative estimate of drug-likeness (QED) is 0.745. The van der Waals surface area contributed by atoms with E-state index in [1.54, 1.807) is 6.92 Å². The topological polar surface area (TPSA) is 83.5 Å². The fraction of sp³-hybridized carbons (Fsp3) is 0.909. The van der Waals surface area contributed by atoms with Gasteiger partial charge in [0.15, 0.2) is 9.84 Å². The van der Waals surface area contributed by atoms with Gasteiger partial charge in [0.2, 0.25) is 0 Å². The first-order valence-corrected chi connectivity index (χ1v) is 7.83. The van der Waals surface area contributed by atoms with E-state index in [9.17, 15) is 13.2 Å². The van der Waals surface area contributed by atoms with Crippen molar-refractivity contribution in [3.8, 4) is 0 Å². The van der Waals surface area contributed by atoms with Crippen LogP contribution in [0.5, 0.6) is 0 Å². The highest BCUT2D eigenvalue weighted by atomic mass is 32.2. The second-order valence-electron chi connectivity index (χ2n) is 5.50. The molecule has 98 valence electrons. The zero-order valence-corrected chi connectivity index (χ0v) is 10.8. The molecule has 0 radical (unpaired) electrons. The van der Waals surface area contributed by atoms with Crippen LogP contribution in [0.25, 0.3) is 0 Å². The van der Waals surface area contributed by atoms with E-state index in [1.165, 1.54) is 0 Å². The SMILES string of the molecule is CC1(C(=O)O)CC(C2CCCS(=O)(=O)C2)CN1. The molecule has 0 spiro atoms. The normalized spacial score (nSPS) is 41.2. The molecule has 2 aliphatic rings. The first-order chi connectivity index (χ1) is 7.82. The molecule has 0 amide bonds. The van der Waals surface area contributed by atoms with Crippen molar-refractivity contribution in [3.63, 3.8) is 0 Å². The Hall–Kier alpha value is -0.620.